The van der Waals surface area contributed by atoms with Crippen LogP contribution >= 0.6 is 31.9 Å². The molecule has 1 rings (SSSR count). The van der Waals surface area contributed by atoms with Gasteiger partial charge in [-0.3, -0.25) is 0 Å². The minimum atomic E-state index is 0.383. The molecule has 108 valence electrons. The SMILES string of the molecule is CCOc1c(Br)cc(CNC(CC)COC)cc1Br. The molecule has 0 radical (unpaired) electrons. The van der Waals surface area contributed by atoms with E-state index in [0.717, 1.165) is 34.3 Å². The molecular weight excluding hydrogens is 374 g/mol. The zero-order valence-electron chi connectivity index (χ0n) is 11.6. The molecule has 0 heterocycles. The average Bonchev–Trinajstić information content (AvgIpc) is 2.38. The van der Waals surface area contributed by atoms with Crippen molar-refractivity contribution < 1.29 is 9.47 Å². The van der Waals surface area contributed by atoms with E-state index in [1.165, 1.54) is 5.56 Å². The highest BCUT2D eigenvalue weighted by atomic mass is 79.9. The molecule has 1 N–H and O–H groups in total. The zero-order chi connectivity index (χ0) is 14.3. The zero-order valence-corrected chi connectivity index (χ0v) is 14.8. The number of methoxy groups -OCH3 is 1. The third kappa shape index (κ3) is 5.42. The monoisotopic (exact) mass is 393 g/mol. The summed E-state index contributed by atoms with van der Waals surface area (Å²) in [6, 6.07) is 4.55. The van der Waals surface area contributed by atoms with E-state index in [1.807, 2.05) is 6.92 Å². The molecule has 0 amide bonds. The van der Waals surface area contributed by atoms with Crippen molar-refractivity contribution in [3.8, 4) is 5.75 Å². The minimum absolute atomic E-state index is 0.383. The summed E-state index contributed by atoms with van der Waals surface area (Å²) in [5.74, 6) is 0.857. The van der Waals surface area contributed by atoms with Gasteiger partial charge in [0.05, 0.1) is 22.2 Å². The van der Waals surface area contributed by atoms with Crippen molar-refractivity contribution in [2.75, 3.05) is 20.3 Å². The van der Waals surface area contributed by atoms with Crippen LogP contribution in [0.5, 0.6) is 5.75 Å². The molecule has 1 unspecified atom stereocenters. The van der Waals surface area contributed by atoms with Gasteiger partial charge >= 0.3 is 0 Å². The molecule has 3 nitrogen and oxygen atoms in total. The average molecular weight is 395 g/mol. The summed E-state index contributed by atoms with van der Waals surface area (Å²) < 4.78 is 12.7. The highest BCUT2D eigenvalue weighted by Gasteiger charge is 2.10. The lowest BCUT2D eigenvalue weighted by molar-refractivity contribution is 0.164. The van der Waals surface area contributed by atoms with E-state index < -0.39 is 0 Å². The molecule has 0 spiro atoms. The predicted octanol–water partition coefficient (Wildman–Crippen LogP) is 4.12. The molecule has 0 saturated carbocycles. The predicted molar refractivity (Wildman–Crippen MR) is 85.8 cm³/mol. The van der Waals surface area contributed by atoms with Crippen molar-refractivity contribution in [1.82, 2.24) is 5.32 Å². The molecule has 0 aliphatic rings. The molecular formula is C14H21Br2NO2. The lowest BCUT2D eigenvalue weighted by Crippen LogP contribution is -2.32. The number of hydrogen-bond acceptors (Lipinski definition) is 3. The van der Waals surface area contributed by atoms with Crippen molar-refractivity contribution in [2.24, 2.45) is 0 Å². The van der Waals surface area contributed by atoms with E-state index in [1.54, 1.807) is 7.11 Å². The molecule has 0 aliphatic heterocycles. The lowest BCUT2D eigenvalue weighted by Gasteiger charge is -2.17. The van der Waals surface area contributed by atoms with Gasteiger partial charge in [-0.1, -0.05) is 6.92 Å². The highest BCUT2D eigenvalue weighted by Crippen LogP contribution is 2.34. The van der Waals surface area contributed by atoms with Gasteiger partial charge in [-0.05, 0) is 62.9 Å². The topological polar surface area (TPSA) is 30.5 Å². The maximum absolute atomic E-state index is 5.57. The van der Waals surface area contributed by atoms with E-state index in [9.17, 15) is 0 Å². The van der Waals surface area contributed by atoms with Crippen LogP contribution in [0.3, 0.4) is 0 Å². The van der Waals surface area contributed by atoms with Gasteiger partial charge in [-0.2, -0.15) is 0 Å². The fourth-order valence-electron chi connectivity index (χ4n) is 1.78. The summed E-state index contributed by atoms with van der Waals surface area (Å²) in [6.45, 7) is 6.33. The summed E-state index contributed by atoms with van der Waals surface area (Å²) >= 11 is 7.09. The molecule has 0 saturated heterocycles. The van der Waals surface area contributed by atoms with E-state index >= 15 is 0 Å². The first-order valence-corrected chi connectivity index (χ1v) is 8.03. The first kappa shape index (κ1) is 17.0. The first-order chi connectivity index (χ1) is 9.12. The van der Waals surface area contributed by atoms with Gasteiger partial charge in [0.2, 0.25) is 0 Å². The van der Waals surface area contributed by atoms with Gasteiger partial charge in [-0.15, -0.1) is 0 Å². The second-order valence-electron chi connectivity index (χ2n) is 4.26. The normalized spacial score (nSPS) is 12.5. The van der Waals surface area contributed by atoms with Crippen molar-refractivity contribution >= 4 is 31.9 Å². The van der Waals surface area contributed by atoms with Crippen LogP contribution in [0.1, 0.15) is 25.8 Å². The van der Waals surface area contributed by atoms with Gasteiger partial charge in [-0.25, -0.2) is 0 Å². The van der Waals surface area contributed by atoms with Crippen LogP contribution in [0.15, 0.2) is 21.1 Å². The number of rotatable bonds is 8. The van der Waals surface area contributed by atoms with Crippen molar-refractivity contribution in [3.05, 3.63) is 26.6 Å². The van der Waals surface area contributed by atoms with Crippen molar-refractivity contribution in [3.63, 3.8) is 0 Å². The van der Waals surface area contributed by atoms with Gasteiger partial charge in [0.1, 0.15) is 5.75 Å². The van der Waals surface area contributed by atoms with Gasteiger partial charge in [0.15, 0.2) is 0 Å². The van der Waals surface area contributed by atoms with Crippen LogP contribution in [0.4, 0.5) is 0 Å². The Morgan fingerprint density at radius 1 is 1.21 bits per heavy atom. The minimum Gasteiger partial charge on any atom is -0.492 e. The van der Waals surface area contributed by atoms with Crippen LogP contribution in [0.25, 0.3) is 0 Å². The lowest BCUT2D eigenvalue weighted by atomic mass is 10.2. The van der Waals surface area contributed by atoms with Gasteiger partial charge in [0, 0.05) is 19.7 Å². The Morgan fingerprint density at radius 2 is 1.84 bits per heavy atom. The number of benzene rings is 1. The van der Waals surface area contributed by atoms with Crippen LogP contribution < -0.4 is 10.1 Å². The molecule has 0 bridgehead atoms. The Kier molecular flexibility index (Phi) is 7.99. The number of hydrogen-bond donors (Lipinski definition) is 1. The maximum atomic E-state index is 5.57. The second-order valence-corrected chi connectivity index (χ2v) is 5.97. The summed E-state index contributed by atoms with van der Waals surface area (Å²) in [4.78, 5) is 0. The van der Waals surface area contributed by atoms with Crippen molar-refractivity contribution in [1.29, 1.82) is 0 Å². The fraction of sp³-hybridized carbons (Fsp3) is 0.571. The quantitative estimate of drug-likeness (QED) is 0.719. The maximum Gasteiger partial charge on any atom is 0.147 e. The largest absolute Gasteiger partial charge is 0.492 e. The van der Waals surface area contributed by atoms with Crippen LogP contribution in [0.2, 0.25) is 0 Å². The third-order valence-electron chi connectivity index (χ3n) is 2.80. The van der Waals surface area contributed by atoms with E-state index in [4.69, 9.17) is 9.47 Å². The van der Waals surface area contributed by atoms with Gasteiger partial charge < -0.3 is 14.8 Å². The van der Waals surface area contributed by atoms with E-state index in [2.05, 4.69) is 56.2 Å². The summed E-state index contributed by atoms with van der Waals surface area (Å²) in [5.41, 5.74) is 1.21. The van der Waals surface area contributed by atoms with E-state index in [0.29, 0.717) is 12.6 Å². The standard InChI is InChI=1S/C14H21Br2NO2/c1-4-11(9-18-3)17-8-10-6-12(15)14(19-5-2)13(16)7-10/h6-7,11,17H,4-5,8-9H2,1-3H3. The highest BCUT2D eigenvalue weighted by molar-refractivity contribution is 9.11. The summed E-state index contributed by atoms with van der Waals surface area (Å²) in [5, 5.41) is 3.49. The first-order valence-electron chi connectivity index (χ1n) is 6.45. The summed E-state index contributed by atoms with van der Waals surface area (Å²) in [7, 11) is 1.73. The van der Waals surface area contributed by atoms with Crippen molar-refractivity contribution in [2.45, 2.75) is 32.9 Å². The number of nitrogens with one attached hydrogen (secondary N) is 1. The molecule has 0 fully saturated rings. The third-order valence-corrected chi connectivity index (χ3v) is 3.98. The molecule has 0 aliphatic carbocycles. The van der Waals surface area contributed by atoms with Crippen LogP contribution in [-0.4, -0.2) is 26.4 Å². The number of ether oxygens (including phenoxy) is 2. The van der Waals surface area contributed by atoms with Crippen LogP contribution in [0, 0.1) is 0 Å². The molecule has 0 aromatic heterocycles. The molecule has 1 atom stereocenters. The van der Waals surface area contributed by atoms with Crippen LogP contribution in [-0.2, 0) is 11.3 Å². The van der Waals surface area contributed by atoms with Gasteiger partial charge in [0.25, 0.3) is 0 Å². The molecule has 19 heavy (non-hydrogen) atoms. The molecule has 5 heteroatoms. The fourth-order valence-corrected chi connectivity index (χ4v) is 3.29. The Bertz CT molecular complexity index is 376. The smallest absolute Gasteiger partial charge is 0.147 e. The Labute approximate surface area is 132 Å². The Morgan fingerprint density at radius 3 is 2.32 bits per heavy atom. The number of halogens is 2. The Hall–Kier alpha value is -0.100. The molecule has 1 aromatic rings. The summed E-state index contributed by atoms with van der Waals surface area (Å²) in [6.07, 6.45) is 1.05. The Balaban J connectivity index is 2.69. The van der Waals surface area contributed by atoms with E-state index in [-0.39, 0.29) is 0 Å². The molecule has 1 aromatic carbocycles. The second kappa shape index (κ2) is 8.95.